The van der Waals surface area contributed by atoms with E-state index in [-0.39, 0.29) is 12.2 Å². The van der Waals surface area contributed by atoms with Crippen LogP contribution in [0.3, 0.4) is 0 Å². The molecule has 8 atom stereocenters. The second kappa shape index (κ2) is 8.50. The quantitative estimate of drug-likeness (QED) is 0.396. The fourth-order valence-corrected chi connectivity index (χ4v) is 6.14. The minimum Gasteiger partial charge on any atom is -0.352 e. The van der Waals surface area contributed by atoms with E-state index in [4.69, 9.17) is 24.0 Å². The largest absolute Gasteiger partial charge is 0.352 e. The van der Waals surface area contributed by atoms with Crippen molar-refractivity contribution in [1.82, 2.24) is 0 Å². The maximum atomic E-state index is 6.45. The molecule has 28 heavy (non-hydrogen) atoms. The van der Waals surface area contributed by atoms with Gasteiger partial charge in [0.2, 0.25) is 5.79 Å². The molecule has 5 rings (SSSR count). The molecule has 0 N–H and O–H groups in total. The van der Waals surface area contributed by atoms with Crippen LogP contribution >= 0.6 is 0 Å². The van der Waals surface area contributed by atoms with Crippen LogP contribution in [0.4, 0.5) is 0 Å². The Kier molecular flexibility index (Phi) is 6.39. The average Bonchev–Trinajstić information content (AvgIpc) is 2.91. The van der Waals surface area contributed by atoms with E-state index >= 15 is 0 Å². The van der Waals surface area contributed by atoms with Crippen LogP contribution < -0.4 is 0 Å². The van der Waals surface area contributed by atoms with Gasteiger partial charge in [-0.2, -0.15) is 0 Å². The monoisotopic (exact) mass is 396 g/mol. The van der Waals surface area contributed by atoms with Gasteiger partial charge >= 0.3 is 0 Å². The van der Waals surface area contributed by atoms with Gasteiger partial charge in [-0.3, -0.25) is 0 Å². The molecule has 4 aliphatic heterocycles. The third-order valence-electron chi connectivity index (χ3n) is 7.88. The van der Waals surface area contributed by atoms with Gasteiger partial charge in [0.1, 0.15) is 0 Å². The fraction of sp³-hybridized carbons (Fsp3) is 1.00. The molecular formula is C23H40O5. The molecular weight excluding hydrogens is 356 g/mol. The third kappa shape index (κ3) is 3.66. The molecule has 5 nitrogen and oxygen atoms in total. The Labute approximate surface area is 170 Å². The molecule has 3 unspecified atom stereocenters. The smallest absolute Gasteiger partial charge is 0.201 e. The first-order chi connectivity index (χ1) is 13.5. The highest BCUT2D eigenvalue weighted by Gasteiger charge is 2.69. The summed E-state index contributed by atoms with van der Waals surface area (Å²) < 4.78 is 19.1. The number of hydrogen-bond acceptors (Lipinski definition) is 5. The van der Waals surface area contributed by atoms with Gasteiger partial charge < -0.3 is 14.2 Å². The molecule has 1 spiro atoms. The van der Waals surface area contributed by atoms with Gasteiger partial charge in [-0.1, -0.05) is 52.9 Å². The van der Waals surface area contributed by atoms with Crippen LogP contribution in [0.2, 0.25) is 0 Å². The van der Waals surface area contributed by atoms with E-state index in [1.165, 1.54) is 38.5 Å². The molecule has 2 bridgehead atoms. The van der Waals surface area contributed by atoms with E-state index in [1.54, 1.807) is 0 Å². The van der Waals surface area contributed by atoms with Crippen LogP contribution in [0.15, 0.2) is 0 Å². The maximum Gasteiger partial charge on any atom is 0.201 e. The Morgan fingerprint density at radius 2 is 1.71 bits per heavy atom. The highest BCUT2D eigenvalue weighted by Crippen LogP contribution is 2.60. The van der Waals surface area contributed by atoms with Gasteiger partial charge in [0.15, 0.2) is 18.2 Å². The van der Waals surface area contributed by atoms with Crippen LogP contribution in [0.5, 0.6) is 0 Å². The summed E-state index contributed by atoms with van der Waals surface area (Å²) in [5.41, 5.74) is -0.479. The van der Waals surface area contributed by atoms with Crippen molar-refractivity contribution in [3.63, 3.8) is 0 Å². The zero-order valence-corrected chi connectivity index (χ0v) is 18.3. The Hall–Kier alpha value is -0.200. The predicted octanol–water partition coefficient (Wildman–Crippen LogP) is 5.57. The zero-order valence-electron chi connectivity index (χ0n) is 18.3. The van der Waals surface area contributed by atoms with Gasteiger partial charge in [0, 0.05) is 24.9 Å². The summed E-state index contributed by atoms with van der Waals surface area (Å²) in [5.74, 6) is 0.943. The lowest BCUT2D eigenvalue weighted by Crippen LogP contribution is -2.70. The van der Waals surface area contributed by atoms with Crippen LogP contribution in [-0.4, -0.2) is 30.6 Å². The molecule has 0 amide bonds. The number of ether oxygens (including phenoxy) is 3. The number of rotatable bonds is 8. The predicted molar refractivity (Wildman–Crippen MR) is 106 cm³/mol. The summed E-state index contributed by atoms with van der Waals surface area (Å²) in [5, 5.41) is 0. The Balaban J connectivity index is 1.41. The molecule has 5 aliphatic rings. The minimum atomic E-state index is -0.706. The van der Waals surface area contributed by atoms with Crippen molar-refractivity contribution in [3.8, 4) is 0 Å². The van der Waals surface area contributed by atoms with E-state index in [9.17, 15) is 0 Å². The van der Waals surface area contributed by atoms with E-state index in [0.717, 1.165) is 32.3 Å². The van der Waals surface area contributed by atoms with Gasteiger partial charge in [0.25, 0.3) is 0 Å². The lowest BCUT2D eigenvalue weighted by Gasteiger charge is -2.60. The van der Waals surface area contributed by atoms with Crippen molar-refractivity contribution >= 4 is 0 Å². The van der Waals surface area contributed by atoms with Crippen LogP contribution in [0.25, 0.3) is 0 Å². The summed E-state index contributed by atoms with van der Waals surface area (Å²) >= 11 is 0. The molecule has 1 aliphatic carbocycles. The van der Waals surface area contributed by atoms with E-state index in [0.29, 0.717) is 17.8 Å². The van der Waals surface area contributed by atoms with Crippen molar-refractivity contribution in [2.75, 3.05) is 6.61 Å². The summed E-state index contributed by atoms with van der Waals surface area (Å²) in [6.07, 6.45) is 11.3. The van der Waals surface area contributed by atoms with Crippen molar-refractivity contribution in [3.05, 3.63) is 0 Å². The normalized spacial score (nSPS) is 47.6. The van der Waals surface area contributed by atoms with E-state index in [1.807, 2.05) is 6.92 Å². The summed E-state index contributed by atoms with van der Waals surface area (Å²) in [7, 11) is 0. The summed E-state index contributed by atoms with van der Waals surface area (Å²) in [6, 6.07) is 0. The molecule has 0 aromatic heterocycles. The first-order valence-electron chi connectivity index (χ1n) is 11.8. The molecule has 1 saturated carbocycles. The molecule has 0 aromatic rings. The highest BCUT2D eigenvalue weighted by molar-refractivity contribution is 5.09. The Morgan fingerprint density at radius 1 is 0.929 bits per heavy atom. The zero-order chi connectivity index (χ0) is 19.8. The number of unbranched alkanes of at least 4 members (excludes halogenated alkanes) is 5. The first-order valence-corrected chi connectivity index (χ1v) is 11.8. The van der Waals surface area contributed by atoms with Crippen molar-refractivity contribution < 1.29 is 24.0 Å². The van der Waals surface area contributed by atoms with Crippen molar-refractivity contribution in [1.29, 1.82) is 0 Å². The van der Waals surface area contributed by atoms with Gasteiger partial charge in [-0.15, -0.1) is 0 Å². The van der Waals surface area contributed by atoms with Gasteiger partial charge in [-0.05, 0) is 44.4 Å². The number of fused-ring (bicyclic) bond motifs is 2. The SMILES string of the molecule is CCCCCCCCOC1O[C@@H]2O[C@]3(C)CCC4[C@H](C)CCC([C@H]1C)[C@]42OO3. The van der Waals surface area contributed by atoms with E-state index < -0.39 is 17.7 Å². The molecule has 5 fully saturated rings. The molecule has 162 valence electrons. The molecule has 0 aromatic carbocycles. The average molecular weight is 397 g/mol. The molecule has 5 heteroatoms. The van der Waals surface area contributed by atoms with Crippen LogP contribution in [0.1, 0.15) is 91.9 Å². The molecule has 0 radical (unpaired) electrons. The minimum absolute atomic E-state index is 0.211. The van der Waals surface area contributed by atoms with Gasteiger partial charge in [0.05, 0.1) is 0 Å². The molecule has 4 saturated heterocycles. The second-order valence-electron chi connectivity index (χ2n) is 9.91. The lowest BCUT2D eigenvalue weighted by molar-refractivity contribution is -0.577. The van der Waals surface area contributed by atoms with Crippen LogP contribution in [-0.2, 0) is 24.0 Å². The van der Waals surface area contributed by atoms with Crippen LogP contribution in [0, 0.1) is 23.7 Å². The maximum absolute atomic E-state index is 6.45. The summed E-state index contributed by atoms with van der Waals surface area (Å²) in [6.45, 7) is 9.61. The van der Waals surface area contributed by atoms with Gasteiger partial charge in [-0.25, -0.2) is 9.78 Å². The molecule has 4 heterocycles. The van der Waals surface area contributed by atoms with E-state index in [2.05, 4.69) is 20.8 Å². The lowest BCUT2D eigenvalue weighted by atomic mass is 9.58. The first kappa shape index (κ1) is 21.0. The second-order valence-corrected chi connectivity index (χ2v) is 9.91. The highest BCUT2D eigenvalue weighted by atomic mass is 17.3. The topological polar surface area (TPSA) is 46.2 Å². The third-order valence-corrected chi connectivity index (χ3v) is 7.88. The fourth-order valence-electron chi connectivity index (χ4n) is 6.14. The number of hydrogen-bond donors (Lipinski definition) is 0. The standard InChI is InChI=1S/C23H40O5/c1-5-6-7-8-9-10-15-24-20-17(3)19-12-11-16(2)18-13-14-22(4)26-21(25-20)23(18,19)28-27-22/h16-21H,5-15H2,1-4H3/t16-,17-,18?,19?,20?,21-,22+,23-/m1/s1. The van der Waals surface area contributed by atoms with Crippen molar-refractivity contribution in [2.45, 2.75) is 116 Å². The Morgan fingerprint density at radius 3 is 2.54 bits per heavy atom. The summed E-state index contributed by atoms with van der Waals surface area (Å²) in [4.78, 5) is 12.0. The Bertz CT molecular complexity index is 527. The van der Waals surface area contributed by atoms with Crippen molar-refractivity contribution in [2.24, 2.45) is 23.7 Å².